The van der Waals surface area contributed by atoms with E-state index in [2.05, 4.69) is 78.3 Å². The monoisotopic (exact) mass is 394 g/mol. The molecule has 4 aliphatic carbocycles. The Kier molecular flexibility index (Phi) is 3.37. The third-order valence-electron chi connectivity index (χ3n) is 7.30. The number of hydrogen-bond acceptors (Lipinski definition) is 0. The molecule has 130 valence electrons. The Hall–Kier alpha value is -1.08. The Morgan fingerprint density at radius 2 is 1.24 bits per heavy atom. The predicted molar refractivity (Wildman–Crippen MR) is 109 cm³/mol. The molecule has 2 aromatic rings. The summed E-state index contributed by atoms with van der Waals surface area (Å²) in [6.45, 7) is 5.14. The van der Waals surface area contributed by atoms with Gasteiger partial charge >= 0.3 is 0 Å². The highest BCUT2D eigenvalue weighted by Gasteiger charge is 2.60. The fraction of sp³-hybridized carbons (Fsp3) is 0.500. The minimum atomic E-state index is 0.446. The normalized spacial score (nSPS) is 38.9. The van der Waals surface area contributed by atoms with E-state index in [0.29, 0.717) is 16.2 Å². The van der Waals surface area contributed by atoms with E-state index in [0.717, 1.165) is 10.4 Å². The summed E-state index contributed by atoms with van der Waals surface area (Å²) >= 11 is 3.53. The topological polar surface area (TPSA) is 0 Å². The van der Waals surface area contributed by atoms with E-state index in [1.807, 2.05) is 0 Å². The summed E-state index contributed by atoms with van der Waals surface area (Å²) in [5.74, 6) is 0.956. The first-order chi connectivity index (χ1) is 11.9. The van der Waals surface area contributed by atoms with Crippen molar-refractivity contribution in [2.75, 3.05) is 0 Å². The molecule has 1 heteroatoms. The molecule has 2 aromatic carbocycles. The van der Waals surface area contributed by atoms with Crippen LogP contribution < -0.4 is 0 Å². The second kappa shape index (κ2) is 5.22. The first-order valence-electron chi connectivity index (χ1n) is 9.74. The fourth-order valence-corrected chi connectivity index (χ4v) is 7.69. The van der Waals surface area contributed by atoms with Crippen LogP contribution in [0.2, 0.25) is 0 Å². The molecular formula is C24H27Br. The molecule has 0 aliphatic heterocycles. The van der Waals surface area contributed by atoms with Gasteiger partial charge in [-0.3, -0.25) is 0 Å². The SMILES string of the molecule is CC12CC3CC(C)(C1)CC(c1ccc(-c4ccc(Br)cc4)cc1)(C3)C2. The van der Waals surface area contributed by atoms with Crippen molar-refractivity contribution in [1.82, 2.24) is 0 Å². The van der Waals surface area contributed by atoms with Crippen molar-refractivity contribution >= 4 is 15.9 Å². The maximum absolute atomic E-state index is 3.53. The van der Waals surface area contributed by atoms with Crippen molar-refractivity contribution in [2.45, 2.75) is 57.8 Å². The van der Waals surface area contributed by atoms with Crippen molar-refractivity contribution in [1.29, 1.82) is 0 Å². The molecule has 0 nitrogen and oxygen atoms in total. The summed E-state index contributed by atoms with van der Waals surface area (Å²) in [5, 5.41) is 0. The lowest BCUT2D eigenvalue weighted by Crippen LogP contribution is -2.56. The molecule has 0 saturated heterocycles. The lowest BCUT2D eigenvalue weighted by molar-refractivity contribution is -0.110. The average molecular weight is 395 g/mol. The van der Waals surface area contributed by atoms with Gasteiger partial charge in [-0.15, -0.1) is 0 Å². The quantitative estimate of drug-likeness (QED) is 0.498. The lowest BCUT2D eigenvalue weighted by Gasteiger charge is -2.65. The van der Waals surface area contributed by atoms with E-state index >= 15 is 0 Å². The molecule has 0 aromatic heterocycles. The van der Waals surface area contributed by atoms with Crippen LogP contribution >= 0.6 is 15.9 Å². The highest BCUT2D eigenvalue weighted by atomic mass is 79.9. The van der Waals surface area contributed by atoms with Gasteiger partial charge in [0.25, 0.3) is 0 Å². The Morgan fingerprint density at radius 1 is 0.720 bits per heavy atom. The average Bonchev–Trinajstić information content (AvgIpc) is 2.52. The van der Waals surface area contributed by atoms with E-state index in [1.54, 1.807) is 5.56 Å². The van der Waals surface area contributed by atoms with Crippen LogP contribution in [0.15, 0.2) is 53.0 Å². The van der Waals surface area contributed by atoms with Crippen molar-refractivity contribution in [3.05, 3.63) is 58.6 Å². The van der Waals surface area contributed by atoms with Crippen LogP contribution in [0.25, 0.3) is 11.1 Å². The van der Waals surface area contributed by atoms with Gasteiger partial charge in [-0.05, 0) is 89.5 Å². The Bertz CT molecular complexity index is 783. The first-order valence-corrected chi connectivity index (χ1v) is 10.5. The molecular weight excluding hydrogens is 368 g/mol. The number of halogens is 1. The highest BCUT2D eigenvalue weighted by molar-refractivity contribution is 9.10. The summed E-state index contributed by atoms with van der Waals surface area (Å²) in [4.78, 5) is 0. The van der Waals surface area contributed by atoms with Crippen LogP contribution in [-0.2, 0) is 5.41 Å². The largest absolute Gasteiger partial charge is 0.0596 e. The molecule has 4 fully saturated rings. The Morgan fingerprint density at radius 3 is 1.76 bits per heavy atom. The maximum Gasteiger partial charge on any atom is 0.0175 e. The molecule has 25 heavy (non-hydrogen) atoms. The van der Waals surface area contributed by atoms with E-state index in [1.165, 1.54) is 49.7 Å². The molecule has 0 N–H and O–H groups in total. The number of benzene rings is 2. The molecule has 0 amide bonds. The van der Waals surface area contributed by atoms with Crippen molar-refractivity contribution < 1.29 is 0 Å². The first kappa shape index (κ1) is 16.1. The molecule has 0 heterocycles. The van der Waals surface area contributed by atoms with Gasteiger partial charge < -0.3 is 0 Å². The molecule has 2 unspecified atom stereocenters. The second-order valence-electron chi connectivity index (χ2n) is 9.99. The van der Waals surface area contributed by atoms with Crippen LogP contribution in [-0.4, -0.2) is 0 Å². The molecule has 0 radical (unpaired) electrons. The zero-order valence-electron chi connectivity index (χ0n) is 15.3. The third kappa shape index (κ3) is 2.62. The van der Waals surface area contributed by atoms with E-state index in [4.69, 9.17) is 0 Å². The summed E-state index contributed by atoms with van der Waals surface area (Å²) in [6.07, 6.45) is 8.64. The van der Waals surface area contributed by atoms with Gasteiger partial charge in [-0.1, -0.05) is 66.2 Å². The van der Waals surface area contributed by atoms with Crippen LogP contribution in [0.4, 0.5) is 0 Å². The smallest absolute Gasteiger partial charge is 0.0175 e. The fourth-order valence-electron chi connectivity index (χ4n) is 7.43. The van der Waals surface area contributed by atoms with E-state index in [-0.39, 0.29) is 0 Å². The van der Waals surface area contributed by atoms with Gasteiger partial charge in [0.05, 0.1) is 0 Å². The molecule has 0 spiro atoms. The summed E-state index contributed by atoms with van der Waals surface area (Å²) in [7, 11) is 0. The zero-order chi connectivity index (χ0) is 17.3. The second-order valence-corrected chi connectivity index (χ2v) is 10.9. The summed E-state index contributed by atoms with van der Waals surface area (Å²) in [5.41, 5.74) is 5.85. The standard InChI is InChI=1S/C24H27Br/c1-22-11-17-12-23(2,14-22)16-24(13-17,15-22)20-7-3-18(4-8-20)19-5-9-21(25)10-6-19/h3-10,17H,11-16H2,1-2H3. The zero-order valence-corrected chi connectivity index (χ0v) is 16.9. The molecule has 4 aliphatic rings. The van der Waals surface area contributed by atoms with Crippen LogP contribution in [0.1, 0.15) is 57.9 Å². The van der Waals surface area contributed by atoms with E-state index < -0.39 is 0 Å². The minimum Gasteiger partial charge on any atom is -0.0596 e. The van der Waals surface area contributed by atoms with Gasteiger partial charge in [-0.25, -0.2) is 0 Å². The summed E-state index contributed by atoms with van der Waals surface area (Å²) in [6, 6.07) is 18.2. The van der Waals surface area contributed by atoms with Gasteiger partial charge in [0.2, 0.25) is 0 Å². The number of hydrogen-bond donors (Lipinski definition) is 0. The molecule has 2 atom stereocenters. The van der Waals surface area contributed by atoms with Gasteiger partial charge in [-0.2, -0.15) is 0 Å². The minimum absolute atomic E-state index is 0.446. The van der Waals surface area contributed by atoms with Crippen molar-refractivity contribution in [3.8, 4) is 11.1 Å². The Labute approximate surface area is 160 Å². The lowest BCUT2D eigenvalue weighted by atomic mass is 9.39. The molecule has 4 saturated carbocycles. The van der Waals surface area contributed by atoms with Gasteiger partial charge in [0.1, 0.15) is 0 Å². The number of rotatable bonds is 2. The maximum atomic E-state index is 3.53. The predicted octanol–water partition coefficient (Wildman–Crippen LogP) is 7.36. The Balaban J connectivity index is 1.50. The van der Waals surface area contributed by atoms with Crippen molar-refractivity contribution in [3.63, 3.8) is 0 Å². The van der Waals surface area contributed by atoms with Crippen LogP contribution in [0.5, 0.6) is 0 Å². The summed E-state index contributed by atoms with van der Waals surface area (Å²) < 4.78 is 1.14. The molecule has 4 bridgehead atoms. The highest BCUT2D eigenvalue weighted by Crippen LogP contribution is 2.69. The molecule has 6 rings (SSSR count). The van der Waals surface area contributed by atoms with Gasteiger partial charge in [0.15, 0.2) is 0 Å². The van der Waals surface area contributed by atoms with Crippen LogP contribution in [0.3, 0.4) is 0 Å². The van der Waals surface area contributed by atoms with Crippen LogP contribution in [0, 0.1) is 16.7 Å². The van der Waals surface area contributed by atoms with E-state index in [9.17, 15) is 0 Å². The van der Waals surface area contributed by atoms with Crippen molar-refractivity contribution in [2.24, 2.45) is 16.7 Å². The van der Waals surface area contributed by atoms with Gasteiger partial charge in [0, 0.05) is 4.47 Å². The third-order valence-corrected chi connectivity index (χ3v) is 7.83.